The van der Waals surface area contributed by atoms with E-state index in [0.29, 0.717) is 17.9 Å². The number of aryl methyl sites for hydroxylation is 1. The SMILES string of the molecule is Cc1ccc2ccccc2c1C(=O)C1CC2COCC(C1)N2C. The average molecular weight is 309 g/mol. The number of hydrogen-bond donors (Lipinski definition) is 0. The topological polar surface area (TPSA) is 29.5 Å². The minimum absolute atomic E-state index is 0.120. The summed E-state index contributed by atoms with van der Waals surface area (Å²) in [4.78, 5) is 15.7. The normalized spacial score (nSPS) is 28.0. The fourth-order valence-electron chi connectivity index (χ4n) is 4.22. The van der Waals surface area contributed by atoms with E-state index in [0.717, 1.165) is 48.0 Å². The first-order valence-electron chi connectivity index (χ1n) is 8.47. The van der Waals surface area contributed by atoms with Crippen molar-refractivity contribution in [3.8, 4) is 0 Å². The van der Waals surface area contributed by atoms with Crippen LogP contribution in [0.4, 0.5) is 0 Å². The summed E-state index contributed by atoms with van der Waals surface area (Å²) in [6.45, 7) is 3.56. The lowest BCUT2D eigenvalue weighted by molar-refractivity contribution is -0.0702. The molecule has 3 heteroatoms. The van der Waals surface area contributed by atoms with Crippen LogP contribution in [0.15, 0.2) is 36.4 Å². The summed E-state index contributed by atoms with van der Waals surface area (Å²) < 4.78 is 5.68. The Balaban J connectivity index is 1.71. The lowest BCUT2D eigenvalue weighted by Gasteiger charge is -2.46. The van der Waals surface area contributed by atoms with Gasteiger partial charge in [-0.1, -0.05) is 36.4 Å². The monoisotopic (exact) mass is 309 g/mol. The van der Waals surface area contributed by atoms with Crippen molar-refractivity contribution in [3.05, 3.63) is 47.5 Å². The number of ether oxygens (including phenoxy) is 1. The zero-order valence-electron chi connectivity index (χ0n) is 13.8. The van der Waals surface area contributed by atoms with Gasteiger partial charge in [-0.05, 0) is 43.1 Å². The summed E-state index contributed by atoms with van der Waals surface area (Å²) in [6.07, 6.45) is 1.82. The van der Waals surface area contributed by atoms with E-state index in [1.54, 1.807) is 0 Å². The average Bonchev–Trinajstić information content (AvgIpc) is 2.54. The summed E-state index contributed by atoms with van der Waals surface area (Å²) in [6, 6.07) is 13.2. The predicted octanol–water partition coefficient (Wildman–Crippen LogP) is 3.44. The van der Waals surface area contributed by atoms with E-state index in [1.807, 2.05) is 12.1 Å². The van der Waals surface area contributed by atoms with Gasteiger partial charge in [0.05, 0.1) is 13.2 Å². The van der Waals surface area contributed by atoms with Gasteiger partial charge in [-0.3, -0.25) is 9.69 Å². The van der Waals surface area contributed by atoms with E-state index in [9.17, 15) is 4.79 Å². The minimum atomic E-state index is 0.120. The highest BCUT2D eigenvalue weighted by molar-refractivity contribution is 6.10. The number of ketones is 1. The van der Waals surface area contributed by atoms with Crippen LogP contribution in [0.3, 0.4) is 0 Å². The third kappa shape index (κ3) is 2.48. The molecular formula is C20H23NO2. The highest BCUT2D eigenvalue weighted by Crippen LogP contribution is 2.34. The van der Waals surface area contributed by atoms with E-state index in [-0.39, 0.29) is 5.92 Å². The van der Waals surface area contributed by atoms with E-state index < -0.39 is 0 Å². The number of hydrogen-bond acceptors (Lipinski definition) is 3. The van der Waals surface area contributed by atoms with E-state index in [1.165, 1.54) is 0 Å². The summed E-state index contributed by atoms with van der Waals surface area (Å²) in [5, 5.41) is 2.25. The molecule has 3 nitrogen and oxygen atoms in total. The number of carbonyl (C=O) groups excluding carboxylic acids is 1. The van der Waals surface area contributed by atoms with Crippen LogP contribution < -0.4 is 0 Å². The van der Waals surface area contributed by atoms with Gasteiger partial charge >= 0.3 is 0 Å². The van der Waals surface area contributed by atoms with Crippen molar-refractivity contribution in [2.45, 2.75) is 31.8 Å². The number of morpholine rings is 1. The van der Waals surface area contributed by atoms with Crippen molar-refractivity contribution in [3.63, 3.8) is 0 Å². The molecule has 0 radical (unpaired) electrons. The fourth-order valence-corrected chi connectivity index (χ4v) is 4.22. The Kier molecular flexibility index (Phi) is 3.70. The summed E-state index contributed by atoms with van der Waals surface area (Å²) in [5.41, 5.74) is 2.02. The number of likely N-dealkylation sites (N-methyl/N-ethyl adjacent to an activating group) is 1. The summed E-state index contributed by atoms with van der Waals surface area (Å²) in [5.74, 6) is 0.443. The Labute approximate surface area is 137 Å². The maximum absolute atomic E-state index is 13.3. The highest BCUT2D eigenvalue weighted by atomic mass is 16.5. The maximum Gasteiger partial charge on any atom is 0.166 e. The number of piperidine rings is 1. The van der Waals surface area contributed by atoms with E-state index >= 15 is 0 Å². The van der Waals surface area contributed by atoms with Gasteiger partial charge in [0.25, 0.3) is 0 Å². The van der Waals surface area contributed by atoms with Crippen LogP contribution in [0.25, 0.3) is 10.8 Å². The highest BCUT2D eigenvalue weighted by Gasteiger charge is 2.40. The quantitative estimate of drug-likeness (QED) is 0.796. The molecule has 0 amide bonds. The van der Waals surface area contributed by atoms with Crippen LogP contribution in [0.5, 0.6) is 0 Å². The van der Waals surface area contributed by atoms with Crippen LogP contribution >= 0.6 is 0 Å². The molecule has 23 heavy (non-hydrogen) atoms. The molecule has 2 atom stereocenters. The number of rotatable bonds is 2. The molecule has 4 rings (SSSR count). The van der Waals surface area contributed by atoms with Gasteiger partial charge < -0.3 is 4.74 Å². The molecule has 2 unspecified atom stereocenters. The van der Waals surface area contributed by atoms with Crippen LogP contribution in [0.2, 0.25) is 0 Å². The summed E-state index contributed by atoms with van der Waals surface area (Å²) in [7, 11) is 2.17. The second kappa shape index (κ2) is 5.73. The molecule has 2 aromatic carbocycles. The molecule has 2 bridgehead atoms. The van der Waals surface area contributed by atoms with Crippen molar-refractivity contribution in [1.29, 1.82) is 0 Å². The van der Waals surface area contributed by atoms with Gasteiger partial charge in [0.15, 0.2) is 5.78 Å². The first-order chi connectivity index (χ1) is 11.1. The number of fused-ring (bicyclic) bond motifs is 3. The van der Waals surface area contributed by atoms with E-state index in [4.69, 9.17) is 4.74 Å². The van der Waals surface area contributed by atoms with Gasteiger partial charge in [0, 0.05) is 23.6 Å². The van der Waals surface area contributed by atoms with Crippen LogP contribution in [0, 0.1) is 12.8 Å². The molecule has 0 saturated carbocycles. The first kappa shape index (κ1) is 14.9. The fraction of sp³-hybridized carbons (Fsp3) is 0.450. The van der Waals surface area contributed by atoms with Gasteiger partial charge in [0.2, 0.25) is 0 Å². The van der Waals surface area contributed by atoms with E-state index in [2.05, 4.69) is 43.1 Å². The molecule has 2 aliphatic rings. The molecule has 2 aromatic rings. The smallest absolute Gasteiger partial charge is 0.166 e. The Morgan fingerprint density at radius 3 is 2.52 bits per heavy atom. The Bertz CT molecular complexity index is 740. The second-order valence-electron chi connectivity index (χ2n) is 7.02. The van der Waals surface area contributed by atoms with Crippen molar-refractivity contribution in [2.24, 2.45) is 5.92 Å². The van der Waals surface area contributed by atoms with Crippen molar-refractivity contribution < 1.29 is 9.53 Å². The molecule has 120 valence electrons. The van der Waals surface area contributed by atoms with Gasteiger partial charge in [0.1, 0.15) is 0 Å². The second-order valence-corrected chi connectivity index (χ2v) is 7.02. The van der Waals surface area contributed by atoms with Gasteiger partial charge in [-0.25, -0.2) is 0 Å². The van der Waals surface area contributed by atoms with Gasteiger partial charge in [-0.15, -0.1) is 0 Å². The predicted molar refractivity (Wildman–Crippen MR) is 91.9 cm³/mol. The van der Waals surface area contributed by atoms with Crippen molar-refractivity contribution >= 4 is 16.6 Å². The molecule has 2 heterocycles. The number of carbonyl (C=O) groups is 1. The molecule has 2 saturated heterocycles. The summed E-state index contributed by atoms with van der Waals surface area (Å²) >= 11 is 0. The molecule has 0 spiro atoms. The number of Topliss-reactive ketones (excluding diaryl/α,β-unsaturated/α-hetero) is 1. The molecule has 0 aliphatic carbocycles. The number of benzene rings is 2. The third-order valence-electron chi connectivity index (χ3n) is 5.64. The van der Waals surface area contributed by atoms with Crippen molar-refractivity contribution in [1.82, 2.24) is 4.90 Å². The van der Waals surface area contributed by atoms with Crippen LogP contribution in [-0.4, -0.2) is 43.0 Å². The zero-order valence-corrected chi connectivity index (χ0v) is 13.8. The lowest BCUT2D eigenvalue weighted by atomic mass is 9.79. The Hall–Kier alpha value is -1.71. The maximum atomic E-state index is 13.3. The molecular weight excluding hydrogens is 286 g/mol. The molecule has 2 aliphatic heterocycles. The van der Waals surface area contributed by atoms with Crippen molar-refractivity contribution in [2.75, 3.05) is 20.3 Å². The van der Waals surface area contributed by atoms with Crippen LogP contribution in [-0.2, 0) is 4.74 Å². The zero-order chi connectivity index (χ0) is 16.0. The largest absolute Gasteiger partial charge is 0.378 e. The number of nitrogens with zero attached hydrogens (tertiary/aromatic N) is 1. The Morgan fingerprint density at radius 1 is 1.09 bits per heavy atom. The standard InChI is InChI=1S/C20H23NO2/c1-13-7-8-14-5-3-4-6-18(14)19(13)20(22)15-9-16-11-23-12-17(10-15)21(16)2/h3-8,15-17H,9-12H2,1-2H3. The minimum Gasteiger partial charge on any atom is -0.378 e. The first-order valence-corrected chi connectivity index (χ1v) is 8.47. The molecule has 0 aromatic heterocycles. The Morgan fingerprint density at radius 2 is 1.78 bits per heavy atom. The van der Waals surface area contributed by atoms with Crippen LogP contribution in [0.1, 0.15) is 28.8 Å². The third-order valence-corrected chi connectivity index (χ3v) is 5.64. The van der Waals surface area contributed by atoms with Gasteiger partial charge in [-0.2, -0.15) is 0 Å². The lowest BCUT2D eigenvalue weighted by Crippen LogP contribution is -2.55. The molecule has 0 N–H and O–H groups in total. The molecule has 2 fully saturated rings.